The van der Waals surface area contributed by atoms with E-state index in [2.05, 4.69) is 5.32 Å². The topological polar surface area (TPSA) is 86.6 Å². The predicted octanol–water partition coefficient (Wildman–Crippen LogP) is 3.54. The van der Waals surface area contributed by atoms with Gasteiger partial charge in [-0.2, -0.15) is 0 Å². The quantitative estimate of drug-likeness (QED) is 0.798. The van der Waals surface area contributed by atoms with Gasteiger partial charge in [0.2, 0.25) is 0 Å². The number of phenols is 1. The largest absolute Gasteiger partial charge is 0.507 e. The molecule has 23 heavy (non-hydrogen) atoms. The number of nitrogens with one attached hydrogen (secondary N) is 1. The van der Waals surface area contributed by atoms with E-state index < -0.39 is 11.9 Å². The molecule has 0 saturated heterocycles. The number of hydrogen-bond donors (Lipinski definition) is 3. The van der Waals surface area contributed by atoms with Crippen LogP contribution in [0.15, 0.2) is 36.4 Å². The first-order valence-corrected chi connectivity index (χ1v) is 7.30. The van der Waals surface area contributed by atoms with E-state index in [1.165, 1.54) is 24.3 Å². The van der Waals surface area contributed by atoms with Crippen LogP contribution in [0.1, 0.15) is 44.8 Å². The Kier molecular flexibility index (Phi) is 4.91. The van der Waals surface area contributed by atoms with Crippen molar-refractivity contribution >= 4 is 23.5 Å². The summed E-state index contributed by atoms with van der Waals surface area (Å²) in [6.45, 7) is 3.47. The molecule has 0 spiro atoms. The summed E-state index contributed by atoms with van der Waals surface area (Å²) in [6, 6.07) is 8.75. The Balaban J connectivity index is 2.20. The maximum atomic E-state index is 12.2. The van der Waals surface area contributed by atoms with Crippen molar-refractivity contribution in [3.8, 4) is 5.75 Å². The van der Waals surface area contributed by atoms with Crippen molar-refractivity contribution < 1.29 is 19.8 Å². The van der Waals surface area contributed by atoms with Crippen molar-refractivity contribution in [3.63, 3.8) is 0 Å². The van der Waals surface area contributed by atoms with Gasteiger partial charge >= 0.3 is 5.97 Å². The van der Waals surface area contributed by atoms with Crippen molar-refractivity contribution in [1.82, 2.24) is 5.32 Å². The Morgan fingerprint density at radius 1 is 1.13 bits per heavy atom. The fourth-order valence-electron chi connectivity index (χ4n) is 2.24. The molecule has 0 aliphatic carbocycles. The first-order valence-electron chi connectivity index (χ1n) is 6.93. The molecule has 0 bridgehead atoms. The first-order chi connectivity index (χ1) is 10.8. The average Bonchev–Trinajstić information content (AvgIpc) is 2.49. The highest BCUT2D eigenvalue weighted by Crippen LogP contribution is 2.23. The van der Waals surface area contributed by atoms with Crippen LogP contribution in [-0.4, -0.2) is 22.1 Å². The summed E-state index contributed by atoms with van der Waals surface area (Å²) in [7, 11) is 0. The number of carbonyl (C=O) groups excluding carboxylic acids is 1. The molecule has 2 aromatic carbocycles. The summed E-state index contributed by atoms with van der Waals surface area (Å²) in [5, 5.41) is 21.9. The lowest BCUT2D eigenvalue weighted by molar-refractivity contribution is 0.0695. The number of aromatic carboxylic acids is 1. The average molecular weight is 334 g/mol. The number of amides is 1. The minimum atomic E-state index is -0.991. The highest BCUT2D eigenvalue weighted by atomic mass is 35.5. The van der Waals surface area contributed by atoms with E-state index in [0.717, 1.165) is 5.56 Å². The number of aryl methyl sites for hydroxylation is 1. The fraction of sp³-hybridized carbons (Fsp3) is 0.176. The molecule has 0 heterocycles. The van der Waals surface area contributed by atoms with Gasteiger partial charge in [0.05, 0.1) is 17.2 Å². The fourth-order valence-corrected chi connectivity index (χ4v) is 2.42. The standard InChI is InChI=1S/C17H16ClNO4/c1-9-7-11(3-5-13(9)17(22)23)10(2)19-16(21)14-8-12(18)4-6-15(14)20/h3-8,10,20H,1-2H3,(H,19,21)(H,22,23)/t10-/m0/s1. The highest BCUT2D eigenvalue weighted by Gasteiger charge is 2.16. The summed E-state index contributed by atoms with van der Waals surface area (Å²) < 4.78 is 0. The predicted molar refractivity (Wildman–Crippen MR) is 87.1 cm³/mol. The van der Waals surface area contributed by atoms with Gasteiger partial charge in [0, 0.05) is 5.02 Å². The molecule has 0 aliphatic rings. The van der Waals surface area contributed by atoms with E-state index in [0.29, 0.717) is 10.6 Å². The Labute approximate surface area is 138 Å². The summed E-state index contributed by atoms with van der Waals surface area (Å²) in [4.78, 5) is 23.3. The molecular formula is C17H16ClNO4. The van der Waals surface area contributed by atoms with Crippen molar-refractivity contribution in [3.05, 3.63) is 63.7 Å². The molecular weight excluding hydrogens is 318 g/mol. The summed E-state index contributed by atoms with van der Waals surface area (Å²) >= 11 is 5.84. The van der Waals surface area contributed by atoms with Crippen LogP contribution in [-0.2, 0) is 0 Å². The SMILES string of the molecule is Cc1cc([C@H](C)NC(=O)c2cc(Cl)ccc2O)ccc1C(=O)O. The highest BCUT2D eigenvalue weighted by molar-refractivity contribution is 6.31. The number of hydrogen-bond acceptors (Lipinski definition) is 3. The van der Waals surface area contributed by atoms with Crippen LogP contribution >= 0.6 is 11.6 Å². The van der Waals surface area contributed by atoms with Crippen LogP contribution in [0.5, 0.6) is 5.75 Å². The minimum Gasteiger partial charge on any atom is -0.507 e. The Morgan fingerprint density at radius 2 is 1.83 bits per heavy atom. The lowest BCUT2D eigenvalue weighted by atomic mass is 10.0. The molecule has 0 aliphatic heterocycles. The molecule has 2 aromatic rings. The van der Waals surface area contributed by atoms with Crippen molar-refractivity contribution in [2.45, 2.75) is 19.9 Å². The van der Waals surface area contributed by atoms with Gasteiger partial charge < -0.3 is 15.5 Å². The molecule has 1 amide bonds. The van der Waals surface area contributed by atoms with Gasteiger partial charge in [0.1, 0.15) is 5.75 Å². The minimum absolute atomic E-state index is 0.0863. The van der Waals surface area contributed by atoms with Crippen molar-refractivity contribution in [2.24, 2.45) is 0 Å². The van der Waals surface area contributed by atoms with Crippen LogP contribution < -0.4 is 5.32 Å². The third kappa shape index (κ3) is 3.81. The summed E-state index contributed by atoms with van der Waals surface area (Å²) in [5.41, 5.74) is 1.69. The van der Waals surface area contributed by atoms with Gasteiger partial charge in [-0.05, 0) is 49.2 Å². The second-order valence-electron chi connectivity index (χ2n) is 5.24. The number of carboxylic acids is 1. The molecule has 2 rings (SSSR count). The van der Waals surface area contributed by atoms with Crippen LogP contribution in [0.4, 0.5) is 0 Å². The zero-order chi connectivity index (χ0) is 17.1. The zero-order valence-electron chi connectivity index (χ0n) is 12.6. The molecule has 120 valence electrons. The number of halogens is 1. The molecule has 0 aromatic heterocycles. The van der Waals surface area contributed by atoms with E-state index in [1.54, 1.807) is 26.0 Å². The van der Waals surface area contributed by atoms with Gasteiger partial charge in [-0.3, -0.25) is 4.79 Å². The molecule has 6 heteroatoms. The van der Waals surface area contributed by atoms with Crippen molar-refractivity contribution in [1.29, 1.82) is 0 Å². The third-order valence-electron chi connectivity index (χ3n) is 3.53. The molecule has 0 unspecified atom stereocenters. The number of carboxylic acid groups (broad SMARTS) is 1. The number of carbonyl (C=O) groups is 2. The normalized spacial score (nSPS) is 11.8. The van der Waals surface area contributed by atoms with Gasteiger partial charge in [-0.25, -0.2) is 4.79 Å². The van der Waals surface area contributed by atoms with E-state index in [4.69, 9.17) is 16.7 Å². The third-order valence-corrected chi connectivity index (χ3v) is 3.77. The number of benzene rings is 2. The second kappa shape index (κ2) is 6.71. The molecule has 1 atom stereocenters. The van der Waals surface area contributed by atoms with Crippen LogP contribution in [0.25, 0.3) is 0 Å². The summed E-state index contributed by atoms with van der Waals surface area (Å²) in [5.74, 6) is -1.61. The molecule has 3 N–H and O–H groups in total. The van der Waals surface area contributed by atoms with Crippen LogP contribution in [0.3, 0.4) is 0 Å². The maximum absolute atomic E-state index is 12.2. The molecule has 0 saturated carbocycles. The number of aromatic hydroxyl groups is 1. The number of rotatable bonds is 4. The van der Waals surface area contributed by atoms with Crippen LogP contribution in [0, 0.1) is 6.92 Å². The maximum Gasteiger partial charge on any atom is 0.335 e. The van der Waals surface area contributed by atoms with Gasteiger partial charge in [-0.1, -0.05) is 23.7 Å². The Hall–Kier alpha value is -2.53. The summed E-state index contributed by atoms with van der Waals surface area (Å²) in [6.07, 6.45) is 0. The van der Waals surface area contributed by atoms with Gasteiger partial charge in [0.15, 0.2) is 0 Å². The lowest BCUT2D eigenvalue weighted by Crippen LogP contribution is -2.26. The Bertz CT molecular complexity index is 773. The lowest BCUT2D eigenvalue weighted by Gasteiger charge is -2.16. The zero-order valence-corrected chi connectivity index (χ0v) is 13.4. The molecule has 5 nitrogen and oxygen atoms in total. The van der Waals surface area contributed by atoms with E-state index in [1.807, 2.05) is 0 Å². The molecule has 0 fully saturated rings. The second-order valence-corrected chi connectivity index (χ2v) is 5.67. The molecule has 0 radical (unpaired) electrons. The van der Waals surface area contributed by atoms with E-state index >= 15 is 0 Å². The Morgan fingerprint density at radius 3 is 2.43 bits per heavy atom. The van der Waals surface area contributed by atoms with Gasteiger partial charge in [-0.15, -0.1) is 0 Å². The number of phenolic OH excluding ortho intramolecular Hbond substituents is 1. The smallest absolute Gasteiger partial charge is 0.335 e. The van der Waals surface area contributed by atoms with E-state index in [9.17, 15) is 14.7 Å². The first kappa shape index (κ1) is 16.8. The van der Waals surface area contributed by atoms with Crippen LogP contribution in [0.2, 0.25) is 5.02 Å². The van der Waals surface area contributed by atoms with Crippen molar-refractivity contribution in [2.75, 3.05) is 0 Å². The van der Waals surface area contributed by atoms with E-state index in [-0.39, 0.29) is 22.9 Å². The monoisotopic (exact) mass is 333 g/mol. The van der Waals surface area contributed by atoms with Gasteiger partial charge in [0.25, 0.3) is 5.91 Å².